The molecule has 3 heteroatoms. The van der Waals surface area contributed by atoms with Crippen LogP contribution < -0.4 is 5.73 Å². The number of halogens is 1. The number of aryl methyl sites for hydroxylation is 1. The molecule has 1 aromatic rings. The van der Waals surface area contributed by atoms with Gasteiger partial charge in [-0.1, -0.05) is 11.6 Å². The minimum atomic E-state index is 0.141. The summed E-state index contributed by atoms with van der Waals surface area (Å²) < 4.78 is 0. The van der Waals surface area contributed by atoms with Crippen molar-refractivity contribution in [3.8, 4) is 0 Å². The molecule has 82 valence electrons. The molecule has 0 amide bonds. The lowest BCUT2D eigenvalue weighted by Gasteiger charge is -2.09. The van der Waals surface area contributed by atoms with Crippen molar-refractivity contribution in [2.45, 2.75) is 36.1 Å². The molecule has 1 fully saturated rings. The van der Waals surface area contributed by atoms with Gasteiger partial charge in [0.15, 0.2) is 0 Å². The first-order valence-corrected chi connectivity index (χ1v) is 6.84. The van der Waals surface area contributed by atoms with Crippen molar-refractivity contribution in [2.24, 2.45) is 5.73 Å². The monoisotopic (exact) mass is 241 g/mol. The summed E-state index contributed by atoms with van der Waals surface area (Å²) in [4.78, 5) is 1.24. The van der Waals surface area contributed by atoms with E-state index in [0.29, 0.717) is 0 Å². The molecular weight excluding hydrogens is 226 g/mol. The highest BCUT2D eigenvalue weighted by atomic mass is 35.5. The molecule has 1 nitrogen and oxygen atoms in total. The highest BCUT2D eigenvalue weighted by Crippen LogP contribution is 2.37. The molecule has 0 saturated heterocycles. The second-order valence-electron chi connectivity index (χ2n) is 4.36. The molecule has 0 unspecified atom stereocenters. The van der Waals surface area contributed by atoms with Gasteiger partial charge in [-0.2, -0.15) is 0 Å². The summed E-state index contributed by atoms with van der Waals surface area (Å²) >= 11 is 7.78. The van der Waals surface area contributed by atoms with E-state index in [1.165, 1.54) is 23.3 Å². The quantitative estimate of drug-likeness (QED) is 0.817. The minimum Gasteiger partial charge on any atom is -0.325 e. The van der Waals surface area contributed by atoms with Gasteiger partial charge in [-0.25, -0.2) is 0 Å². The Hall–Kier alpha value is -0.180. The largest absolute Gasteiger partial charge is 0.325 e. The summed E-state index contributed by atoms with van der Waals surface area (Å²) in [5, 5.41) is 0.832. The van der Waals surface area contributed by atoms with Crippen molar-refractivity contribution in [2.75, 3.05) is 6.26 Å². The highest BCUT2D eigenvalue weighted by molar-refractivity contribution is 7.98. The summed E-state index contributed by atoms with van der Waals surface area (Å²) in [5.74, 6) is 0. The van der Waals surface area contributed by atoms with E-state index in [1.807, 2.05) is 12.1 Å². The Balaban J connectivity index is 2.03. The zero-order valence-corrected chi connectivity index (χ0v) is 10.5. The van der Waals surface area contributed by atoms with Gasteiger partial charge in [0.25, 0.3) is 0 Å². The molecule has 2 rings (SSSR count). The molecule has 0 aliphatic heterocycles. The fourth-order valence-electron chi connectivity index (χ4n) is 1.69. The van der Waals surface area contributed by atoms with E-state index in [4.69, 9.17) is 17.3 Å². The van der Waals surface area contributed by atoms with E-state index in [2.05, 4.69) is 12.3 Å². The van der Waals surface area contributed by atoms with Crippen LogP contribution in [0.2, 0.25) is 5.02 Å². The normalized spacial score (nSPS) is 17.8. The molecule has 1 aromatic carbocycles. The van der Waals surface area contributed by atoms with Crippen LogP contribution in [0.5, 0.6) is 0 Å². The average Bonchev–Trinajstić information content (AvgIpc) is 2.94. The van der Waals surface area contributed by atoms with Gasteiger partial charge in [-0.15, -0.1) is 11.8 Å². The van der Waals surface area contributed by atoms with Gasteiger partial charge in [-0.3, -0.25) is 0 Å². The first-order chi connectivity index (χ1) is 7.11. The maximum atomic E-state index is 6.06. The summed E-state index contributed by atoms with van der Waals surface area (Å²) in [7, 11) is 0. The smallest absolute Gasteiger partial charge is 0.0419 e. The summed E-state index contributed by atoms with van der Waals surface area (Å²) in [6.07, 6.45) is 6.57. The van der Waals surface area contributed by atoms with Gasteiger partial charge in [0.1, 0.15) is 0 Å². The van der Waals surface area contributed by atoms with Gasteiger partial charge >= 0.3 is 0 Å². The minimum absolute atomic E-state index is 0.141. The molecule has 0 radical (unpaired) electrons. The Bertz CT molecular complexity index is 361. The molecule has 0 atom stereocenters. The second-order valence-corrected chi connectivity index (χ2v) is 5.68. The van der Waals surface area contributed by atoms with Crippen LogP contribution in [0, 0.1) is 0 Å². The van der Waals surface area contributed by atoms with Crippen LogP contribution in [0.25, 0.3) is 0 Å². The van der Waals surface area contributed by atoms with E-state index >= 15 is 0 Å². The fourth-order valence-corrected chi connectivity index (χ4v) is 2.52. The van der Waals surface area contributed by atoms with Crippen molar-refractivity contribution in [3.63, 3.8) is 0 Å². The number of hydrogen-bond acceptors (Lipinski definition) is 2. The number of benzene rings is 1. The maximum absolute atomic E-state index is 6.06. The van der Waals surface area contributed by atoms with Gasteiger partial charge in [0.2, 0.25) is 0 Å². The van der Waals surface area contributed by atoms with E-state index < -0.39 is 0 Å². The molecule has 0 heterocycles. The van der Waals surface area contributed by atoms with Crippen LogP contribution in [0.15, 0.2) is 23.1 Å². The predicted molar refractivity (Wildman–Crippen MR) is 67.7 cm³/mol. The van der Waals surface area contributed by atoms with Crippen molar-refractivity contribution >= 4 is 23.4 Å². The second kappa shape index (κ2) is 4.36. The van der Waals surface area contributed by atoms with Gasteiger partial charge in [0, 0.05) is 15.5 Å². The Morgan fingerprint density at radius 2 is 2.13 bits per heavy atom. The Morgan fingerprint density at radius 1 is 1.40 bits per heavy atom. The standard InChI is InChI=1S/C12H16ClNS/c1-15-11-7-9(6-10(13)8-11)2-3-12(14)4-5-12/h6-8H,2-5,14H2,1H3. The van der Waals surface area contributed by atoms with Crippen molar-refractivity contribution in [3.05, 3.63) is 28.8 Å². The Morgan fingerprint density at radius 3 is 2.73 bits per heavy atom. The lowest BCUT2D eigenvalue weighted by Crippen LogP contribution is -2.22. The van der Waals surface area contributed by atoms with E-state index in [0.717, 1.165) is 17.9 Å². The first kappa shape index (κ1) is 11.3. The third-order valence-corrected chi connectivity index (χ3v) is 3.90. The van der Waals surface area contributed by atoms with Crippen LogP contribution in [-0.2, 0) is 6.42 Å². The summed E-state index contributed by atoms with van der Waals surface area (Å²) in [6.45, 7) is 0. The van der Waals surface area contributed by atoms with Crippen LogP contribution in [0.4, 0.5) is 0 Å². The molecule has 1 aliphatic rings. The average molecular weight is 242 g/mol. The molecular formula is C12H16ClNS. The Labute approximate surface area is 100 Å². The number of rotatable bonds is 4. The first-order valence-electron chi connectivity index (χ1n) is 5.24. The number of hydrogen-bond donors (Lipinski definition) is 1. The van der Waals surface area contributed by atoms with Crippen LogP contribution in [-0.4, -0.2) is 11.8 Å². The number of nitrogens with two attached hydrogens (primary N) is 1. The molecule has 15 heavy (non-hydrogen) atoms. The van der Waals surface area contributed by atoms with Crippen molar-refractivity contribution < 1.29 is 0 Å². The molecule has 1 saturated carbocycles. The predicted octanol–water partition coefficient (Wildman–Crippen LogP) is 3.49. The van der Waals surface area contributed by atoms with Crippen molar-refractivity contribution in [1.82, 2.24) is 0 Å². The van der Waals surface area contributed by atoms with Crippen molar-refractivity contribution in [1.29, 1.82) is 0 Å². The van der Waals surface area contributed by atoms with Crippen LogP contribution in [0.1, 0.15) is 24.8 Å². The molecule has 0 spiro atoms. The highest BCUT2D eigenvalue weighted by Gasteiger charge is 2.37. The third kappa shape index (κ3) is 3.13. The molecule has 2 N–H and O–H groups in total. The topological polar surface area (TPSA) is 26.0 Å². The van der Waals surface area contributed by atoms with Gasteiger partial charge in [0.05, 0.1) is 0 Å². The number of thioether (sulfide) groups is 1. The molecule has 0 bridgehead atoms. The lowest BCUT2D eigenvalue weighted by atomic mass is 10.0. The molecule has 1 aliphatic carbocycles. The zero-order valence-electron chi connectivity index (χ0n) is 8.92. The summed E-state index contributed by atoms with van der Waals surface area (Å²) in [6, 6.07) is 6.26. The SMILES string of the molecule is CSc1cc(Cl)cc(CCC2(N)CC2)c1. The lowest BCUT2D eigenvalue weighted by molar-refractivity contribution is 0.609. The van der Waals surface area contributed by atoms with Crippen LogP contribution >= 0.6 is 23.4 Å². The van der Waals surface area contributed by atoms with E-state index in [1.54, 1.807) is 11.8 Å². The van der Waals surface area contributed by atoms with Gasteiger partial charge < -0.3 is 5.73 Å². The zero-order chi connectivity index (χ0) is 10.9. The fraction of sp³-hybridized carbons (Fsp3) is 0.500. The third-order valence-electron chi connectivity index (χ3n) is 2.97. The molecule has 0 aromatic heterocycles. The van der Waals surface area contributed by atoms with Crippen LogP contribution in [0.3, 0.4) is 0 Å². The van der Waals surface area contributed by atoms with E-state index in [9.17, 15) is 0 Å². The maximum Gasteiger partial charge on any atom is 0.0419 e. The van der Waals surface area contributed by atoms with Gasteiger partial charge in [-0.05, 0) is 55.7 Å². The Kier molecular flexibility index (Phi) is 3.29. The summed E-state index contributed by atoms with van der Waals surface area (Å²) in [5.41, 5.74) is 7.51. The van der Waals surface area contributed by atoms with E-state index in [-0.39, 0.29) is 5.54 Å².